The third kappa shape index (κ3) is 4.11. The molecule has 0 unspecified atom stereocenters. The smallest absolute Gasteiger partial charge is 0.408 e. The monoisotopic (exact) mass is 292 g/mol. The second kappa shape index (κ2) is 7.72. The third-order valence-electron chi connectivity index (χ3n) is 2.56. The fourth-order valence-corrected chi connectivity index (χ4v) is 2.29. The molecule has 6 heteroatoms. The standard InChI is InChI=1S/C14H18N3O2S/c1-2-10-19-13-5-3-12(4-6-13)15-16-14-17(7-9-18)8-11-20-14/h3-6,8,11,18H,2,7,9-10H2,1H3/q+1. The van der Waals surface area contributed by atoms with Gasteiger partial charge < -0.3 is 9.84 Å². The lowest BCUT2D eigenvalue weighted by molar-refractivity contribution is -0.681. The lowest BCUT2D eigenvalue weighted by Crippen LogP contribution is -2.32. The summed E-state index contributed by atoms with van der Waals surface area (Å²) in [6.45, 7) is 3.41. The first-order valence-corrected chi connectivity index (χ1v) is 7.44. The van der Waals surface area contributed by atoms with Gasteiger partial charge in [-0.05, 0) is 47.1 Å². The van der Waals surface area contributed by atoms with Crippen molar-refractivity contribution in [3.63, 3.8) is 0 Å². The minimum atomic E-state index is 0.0907. The summed E-state index contributed by atoms with van der Waals surface area (Å²) in [5.41, 5.74) is 0.776. The highest BCUT2D eigenvalue weighted by Crippen LogP contribution is 2.21. The highest BCUT2D eigenvalue weighted by atomic mass is 32.1. The molecular weight excluding hydrogens is 274 g/mol. The first-order valence-electron chi connectivity index (χ1n) is 6.56. The zero-order valence-electron chi connectivity index (χ0n) is 11.4. The predicted octanol–water partition coefficient (Wildman–Crippen LogP) is 3.23. The molecule has 20 heavy (non-hydrogen) atoms. The van der Waals surface area contributed by atoms with Gasteiger partial charge in [0.2, 0.25) is 0 Å². The fourth-order valence-electron chi connectivity index (χ4n) is 1.58. The quantitative estimate of drug-likeness (QED) is 0.629. The van der Waals surface area contributed by atoms with Crippen LogP contribution in [0.4, 0.5) is 10.8 Å². The van der Waals surface area contributed by atoms with Crippen LogP contribution in [0.2, 0.25) is 0 Å². The molecule has 1 aromatic heterocycles. The predicted molar refractivity (Wildman–Crippen MR) is 78.0 cm³/mol. The molecular formula is C14H18N3O2S+. The maximum absolute atomic E-state index is 8.95. The first-order chi connectivity index (χ1) is 9.83. The highest BCUT2D eigenvalue weighted by Gasteiger charge is 2.10. The Hall–Kier alpha value is -1.79. The molecule has 0 aliphatic carbocycles. The molecule has 0 aliphatic rings. The average Bonchev–Trinajstić information content (AvgIpc) is 2.92. The van der Waals surface area contributed by atoms with Crippen LogP contribution in [0.1, 0.15) is 13.3 Å². The molecule has 0 bridgehead atoms. The zero-order valence-corrected chi connectivity index (χ0v) is 12.2. The number of hydrogen-bond acceptors (Lipinski definition) is 5. The Labute approximate surface area is 122 Å². The van der Waals surface area contributed by atoms with E-state index in [1.54, 1.807) is 0 Å². The van der Waals surface area contributed by atoms with Gasteiger partial charge in [-0.1, -0.05) is 6.92 Å². The Kier molecular flexibility index (Phi) is 5.64. The van der Waals surface area contributed by atoms with Crippen molar-refractivity contribution in [2.45, 2.75) is 19.9 Å². The van der Waals surface area contributed by atoms with Crippen molar-refractivity contribution in [3.05, 3.63) is 35.8 Å². The molecule has 106 valence electrons. The SMILES string of the molecule is CCCOc1ccc(N=Nc2scc[n+]2CCO)cc1. The highest BCUT2D eigenvalue weighted by molar-refractivity contribution is 7.12. The number of nitrogens with zero attached hydrogens (tertiary/aromatic N) is 3. The van der Waals surface area contributed by atoms with Gasteiger partial charge in [-0.15, -0.1) is 0 Å². The van der Waals surface area contributed by atoms with Crippen LogP contribution < -0.4 is 9.30 Å². The summed E-state index contributed by atoms with van der Waals surface area (Å²) >= 11 is 1.49. The molecule has 2 rings (SSSR count). The van der Waals surface area contributed by atoms with E-state index in [0.717, 1.165) is 29.6 Å². The van der Waals surface area contributed by atoms with E-state index >= 15 is 0 Å². The molecule has 0 spiro atoms. The van der Waals surface area contributed by atoms with Crippen LogP contribution in [0, 0.1) is 0 Å². The summed E-state index contributed by atoms with van der Waals surface area (Å²) in [6.07, 6.45) is 2.88. The van der Waals surface area contributed by atoms with Crippen LogP contribution in [0.5, 0.6) is 5.75 Å². The lowest BCUT2D eigenvalue weighted by Gasteiger charge is -2.02. The molecule has 0 atom stereocenters. The number of benzene rings is 1. The van der Waals surface area contributed by atoms with Crippen LogP contribution in [0.15, 0.2) is 46.1 Å². The summed E-state index contributed by atoms with van der Waals surface area (Å²) in [5.74, 6) is 0.845. The van der Waals surface area contributed by atoms with Crippen LogP contribution in [0.25, 0.3) is 0 Å². The molecule has 0 aliphatic heterocycles. The van der Waals surface area contributed by atoms with E-state index in [0.29, 0.717) is 6.54 Å². The second-order valence-corrected chi connectivity index (χ2v) is 5.02. The molecule has 0 radical (unpaired) electrons. The normalized spacial score (nSPS) is 11.1. The van der Waals surface area contributed by atoms with E-state index in [4.69, 9.17) is 9.84 Å². The maximum atomic E-state index is 8.95. The van der Waals surface area contributed by atoms with Gasteiger partial charge in [0.15, 0.2) is 0 Å². The van der Waals surface area contributed by atoms with Gasteiger partial charge in [-0.2, -0.15) is 0 Å². The Bertz CT molecular complexity index is 552. The largest absolute Gasteiger partial charge is 0.494 e. The van der Waals surface area contributed by atoms with E-state index in [2.05, 4.69) is 17.2 Å². The van der Waals surface area contributed by atoms with Gasteiger partial charge in [0.25, 0.3) is 0 Å². The van der Waals surface area contributed by atoms with E-state index < -0.39 is 0 Å². The minimum absolute atomic E-state index is 0.0907. The fraction of sp³-hybridized carbons (Fsp3) is 0.357. The molecule has 1 aromatic carbocycles. The summed E-state index contributed by atoms with van der Waals surface area (Å²) < 4.78 is 7.38. The number of thiazole rings is 1. The van der Waals surface area contributed by atoms with Crippen molar-refractivity contribution in [3.8, 4) is 5.75 Å². The molecule has 0 fully saturated rings. The first kappa shape index (κ1) is 14.6. The topological polar surface area (TPSA) is 58.1 Å². The van der Waals surface area contributed by atoms with E-state index in [9.17, 15) is 0 Å². The Balaban J connectivity index is 2.01. The average molecular weight is 292 g/mol. The van der Waals surface area contributed by atoms with Crippen LogP contribution >= 0.6 is 11.3 Å². The van der Waals surface area contributed by atoms with Crippen molar-refractivity contribution in [2.24, 2.45) is 10.2 Å². The molecule has 0 amide bonds. The molecule has 1 N–H and O–H groups in total. The van der Waals surface area contributed by atoms with Gasteiger partial charge in [-0.25, -0.2) is 4.57 Å². The molecule has 2 aromatic rings. The van der Waals surface area contributed by atoms with Gasteiger partial charge in [0, 0.05) is 5.38 Å². The van der Waals surface area contributed by atoms with Crippen molar-refractivity contribution in [1.29, 1.82) is 0 Å². The number of aromatic nitrogens is 1. The van der Waals surface area contributed by atoms with Crippen molar-refractivity contribution >= 4 is 22.2 Å². The van der Waals surface area contributed by atoms with Gasteiger partial charge in [-0.3, -0.25) is 0 Å². The van der Waals surface area contributed by atoms with E-state index in [-0.39, 0.29) is 6.61 Å². The number of hydrogen-bond donors (Lipinski definition) is 1. The molecule has 0 saturated carbocycles. The van der Waals surface area contributed by atoms with Gasteiger partial charge >= 0.3 is 5.13 Å². The Morgan fingerprint density at radius 1 is 1.25 bits per heavy atom. The minimum Gasteiger partial charge on any atom is -0.494 e. The van der Waals surface area contributed by atoms with Gasteiger partial charge in [0.05, 0.1) is 18.3 Å². The lowest BCUT2D eigenvalue weighted by atomic mass is 10.3. The molecule has 1 heterocycles. The number of ether oxygens (including phenoxy) is 1. The molecule has 5 nitrogen and oxygen atoms in total. The molecule has 0 saturated heterocycles. The Morgan fingerprint density at radius 2 is 2.05 bits per heavy atom. The Morgan fingerprint density at radius 3 is 2.75 bits per heavy atom. The van der Waals surface area contributed by atoms with E-state index in [1.807, 2.05) is 40.4 Å². The van der Waals surface area contributed by atoms with Crippen molar-refractivity contribution in [2.75, 3.05) is 13.2 Å². The zero-order chi connectivity index (χ0) is 14.2. The van der Waals surface area contributed by atoms with Crippen LogP contribution in [-0.4, -0.2) is 18.3 Å². The number of aliphatic hydroxyl groups is 1. The second-order valence-electron chi connectivity index (χ2n) is 4.14. The number of azo groups is 1. The van der Waals surface area contributed by atoms with E-state index in [1.165, 1.54) is 11.3 Å². The summed E-state index contributed by atoms with van der Waals surface area (Å²) in [4.78, 5) is 0. The maximum Gasteiger partial charge on any atom is 0.408 e. The number of aliphatic hydroxyl groups excluding tert-OH is 1. The van der Waals surface area contributed by atoms with Crippen molar-refractivity contribution in [1.82, 2.24) is 0 Å². The third-order valence-corrected chi connectivity index (χ3v) is 3.35. The van der Waals surface area contributed by atoms with Crippen molar-refractivity contribution < 1.29 is 14.4 Å². The van der Waals surface area contributed by atoms with Crippen LogP contribution in [-0.2, 0) is 6.54 Å². The summed E-state index contributed by atoms with van der Waals surface area (Å²) in [7, 11) is 0. The van der Waals surface area contributed by atoms with Crippen LogP contribution in [0.3, 0.4) is 0 Å². The number of rotatable bonds is 7. The summed E-state index contributed by atoms with van der Waals surface area (Å²) in [6, 6.07) is 7.53. The summed E-state index contributed by atoms with van der Waals surface area (Å²) in [5, 5.41) is 20.0. The van der Waals surface area contributed by atoms with Gasteiger partial charge in [0.1, 0.15) is 24.2 Å².